The highest BCUT2D eigenvalue weighted by Crippen LogP contribution is 2.20. The van der Waals surface area contributed by atoms with Crippen molar-refractivity contribution in [2.75, 3.05) is 19.7 Å². The van der Waals surface area contributed by atoms with Crippen LogP contribution in [0.25, 0.3) is 11.0 Å². The predicted octanol–water partition coefficient (Wildman–Crippen LogP) is 1.94. The SMILES string of the molecule is CCOC(=O)N1CCC(NC(=O)c2cc3c(C)nn(C)c3nc2C)CC1. The fourth-order valence-electron chi connectivity index (χ4n) is 3.35. The van der Waals surface area contributed by atoms with E-state index in [0.29, 0.717) is 43.8 Å². The van der Waals surface area contributed by atoms with Crippen LogP contribution < -0.4 is 5.32 Å². The highest BCUT2D eigenvalue weighted by atomic mass is 16.6. The highest BCUT2D eigenvalue weighted by Gasteiger charge is 2.25. The number of nitrogens with one attached hydrogen (secondary N) is 1. The third-order valence-corrected chi connectivity index (χ3v) is 4.79. The van der Waals surface area contributed by atoms with E-state index in [1.54, 1.807) is 16.5 Å². The summed E-state index contributed by atoms with van der Waals surface area (Å²) in [6.45, 7) is 7.08. The zero-order valence-corrected chi connectivity index (χ0v) is 15.7. The van der Waals surface area contributed by atoms with Gasteiger partial charge in [-0.1, -0.05) is 0 Å². The van der Waals surface area contributed by atoms with Gasteiger partial charge >= 0.3 is 6.09 Å². The van der Waals surface area contributed by atoms with Crippen molar-refractivity contribution >= 4 is 23.0 Å². The van der Waals surface area contributed by atoms with E-state index in [1.807, 2.05) is 27.0 Å². The summed E-state index contributed by atoms with van der Waals surface area (Å²) in [4.78, 5) is 30.7. The van der Waals surface area contributed by atoms with Crippen molar-refractivity contribution < 1.29 is 14.3 Å². The van der Waals surface area contributed by atoms with Crippen molar-refractivity contribution in [3.8, 4) is 0 Å². The van der Waals surface area contributed by atoms with Gasteiger partial charge < -0.3 is 15.0 Å². The monoisotopic (exact) mass is 359 g/mol. The molecule has 1 fully saturated rings. The second-order valence-electron chi connectivity index (χ2n) is 6.64. The first kappa shape index (κ1) is 18.2. The summed E-state index contributed by atoms with van der Waals surface area (Å²) < 4.78 is 6.75. The molecule has 8 heteroatoms. The maximum absolute atomic E-state index is 12.7. The van der Waals surface area contributed by atoms with E-state index >= 15 is 0 Å². The zero-order valence-electron chi connectivity index (χ0n) is 15.7. The lowest BCUT2D eigenvalue weighted by Crippen LogP contribution is -2.46. The van der Waals surface area contributed by atoms with Gasteiger partial charge in [0.1, 0.15) is 0 Å². The fourth-order valence-corrected chi connectivity index (χ4v) is 3.35. The highest BCUT2D eigenvalue weighted by molar-refractivity contribution is 5.98. The molecule has 0 aromatic carbocycles. The number of aryl methyl sites for hydroxylation is 3. The molecule has 140 valence electrons. The number of carbonyl (C=O) groups excluding carboxylic acids is 2. The van der Waals surface area contributed by atoms with Gasteiger partial charge in [-0.3, -0.25) is 9.48 Å². The van der Waals surface area contributed by atoms with Crippen LogP contribution in [0.2, 0.25) is 0 Å². The maximum Gasteiger partial charge on any atom is 0.409 e. The number of fused-ring (bicyclic) bond motifs is 1. The topological polar surface area (TPSA) is 89.4 Å². The van der Waals surface area contributed by atoms with Crippen molar-refractivity contribution in [3.63, 3.8) is 0 Å². The molecule has 1 aliphatic rings. The number of aromatic nitrogens is 3. The van der Waals surface area contributed by atoms with E-state index in [-0.39, 0.29) is 18.0 Å². The van der Waals surface area contributed by atoms with Crippen molar-refractivity contribution in [1.29, 1.82) is 0 Å². The van der Waals surface area contributed by atoms with Gasteiger partial charge in [0.15, 0.2) is 5.65 Å². The Hall–Kier alpha value is -2.64. The summed E-state index contributed by atoms with van der Waals surface area (Å²) in [5, 5.41) is 8.32. The molecule has 26 heavy (non-hydrogen) atoms. The second-order valence-corrected chi connectivity index (χ2v) is 6.64. The van der Waals surface area contributed by atoms with Crippen molar-refractivity contribution in [2.24, 2.45) is 7.05 Å². The molecule has 2 aromatic rings. The summed E-state index contributed by atoms with van der Waals surface area (Å²) in [6, 6.07) is 1.90. The van der Waals surface area contributed by atoms with Gasteiger partial charge in [0.25, 0.3) is 5.91 Å². The first-order valence-corrected chi connectivity index (χ1v) is 8.94. The van der Waals surface area contributed by atoms with Crippen molar-refractivity contribution in [2.45, 2.75) is 39.7 Å². The van der Waals surface area contributed by atoms with E-state index in [2.05, 4.69) is 15.4 Å². The molecule has 0 unspecified atom stereocenters. The number of hydrogen-bond donors (Lipinski definition) is 1. The van der Waals surface area contributed by atoms with Gasteiger partial charge in [-0.05, 0) is 39.7 Å². The van der Waals surface area contributed by atoms with Crippen molar-refractivity contribution in [1.82, 2.24) is 25.0 Å². The lowest BCUT2D eigenvalue weighted by atomic mass is 10.0. The van der Waals surface area contributed by atoms with Gasteiger partial charge in [-0.25, -0.2) is 9.78 Å². The zero-order chi connectivity index (χ0) is 18.8. The summed E-state index contributed by atoms with van der Waals surface area (Å²) in [5.74, 6) is -0.130. The summed E-state index contributed by atoms with van der Waals surface area (Å²) in [5.41, 5.74) is 2.88. The number of ether oxygens (including phenoxy) is 1. The quantitative estimate of drug-likeness (QED) is 0.904. The third-order valence-electron chi connectivity index (χ3n) is 4.79. The van der Waals surface area contributed by atoms with E-state index in [1.165, 1.54) is 0 Å². The minimum atomic E-state index is -0.283. The molecule has 1 N–H and O–H groups in total. The molecule has 3 heterocycles. The number of rotatable bonds is 3. The maximum atomic E-state index is 12.7. The van der Waals surface area contributed by atoms with E-state index < -0.39 is 0 Å². The van der Waals surface area contributed by atoms with Crippen LogP contribution >= 0.6 is 0 Å². The van der Waals surface area contributed by atoms with Crippen LogP contribution in [-0.4, -0.2) is 57.4 Å². The number of amides is 2. The Morgan fingerprint density at radius 1 is 1.27 bits per heavy atom. The molecule has 0 saturated carbocycles. The number of likely N-dealkylation sites (tertiary alicyclic amines) is 1. The van der Waals surface area contributed by atoms with Gasteiger partial charge in [-0.2, -0.15) is 5.10 Å². The third kappa shape index (κ3) is 3.49. The van der Waals surface area contributed by atoms with Gasteiger partial charge in [0.2, 0.25) is 0 Å². The standard InChI is InChI=1S/C18H25N5O3/c1-5-26-18(25)23-8-6-13(7-9-23)20-17(24)15-10-14-12(3)21-22(4)16(14)19-11(15)2/h10,13H,5-9H2,1-4H3,(H,20,24). The van der Waals surface area contributed by atoms with E-state index in [4.69, 9.17) is 4.74 Å². The van der Waals surface area contributed by atoms with E-state index in [9.17, 15) is 9.59 Å². The number of hydrogen-bond acceptors (Lipinski definition) is 5. The number of carbonyl (C=O) groups is 2. The van der Waals surface area contributed by atoms with Crippen LogP contribution in [0.1, 0.15) is 41.5 Å². The number of nitrogens with zero attached hydrogens (tertiary/aromatic N) is 4. The van der Waals surface area contributed by atoms with Crippen LogP contribution in [0.15, 0.2) is 6.07 Å². The molecular weight excluding hydrogens is 334 g/mol. The lowest BCUT2D eigenvalue weighted by molar-refractivity contribution is 0.0859. The molecule has 8 nitrogen and oxygen atoms in total. The van der Waals surface area contributed by atoms with Gasteiger partial charge in [0, 0.05) is 31.6 Å². The second kappa shape index (κ2) is 7.31. The minimum Gasteiger partial charge on any atom is -0.450 e. The fraction of sp³-hybridized carbons (Fsp3) is 0.556. The average molecular weight is 359 g/mol. The normalized spacial score (nSPS) is 15.3. The Morgan fingerprint density at radius 3 is 2.62 bits per heavy atom. The van der Waals surface area contributed by atoms with Crippen LogP contribution in [-0.2, 0) is 11.8 Å². The average Bonchev–Trinajstić information content (AvgIpc) is 2.88. The van der Waals surface area contributed by atoms with Crippen LogP contribution in [0.3, 0.4) is 0 Å². The van der Waals surface area contributed by atoms with Crippen molar-refractivity contribution in [3.05, 3.63) is 23.0 Å². The Bertz CT molecular complexity index is 837. The van der Waals surface area contributed by atoms with Crippen LogP contribution in [0, 0.1) is 13.8 Å². The molecule has 2 aromatic heterocycles. The first-order chi connectivity index (χ1) is 12.4. The Balaban J connectivity index is 1.67. The molecule has 2 amide bonds. The molecule has 1 aliphatic heterocycles. The number of pyridine rings is 1. The largest absolute Gasteiger partial charge is 0.450 e. The first-order valence-electron chi connectivity index (χ1n) is 8.94. The summed E-state index contributed by atoms with van der Waals surface area (Å²) >= 11 is 0. The smallest absolute Gasteiger partial charge is 0.409 e. The number of piperidine rings is 1. The molecule has 0 radical (unpaired) electrons. The molecule has 0 spiro atoms. The molecule has 3 rings (SSSR count). The predicted molar refractivity (Wildman–Crippen MR) is 97.1 cm³/mol. The molecule has 0 bridgehead atoms. The minimum absolute atomic E-state index is 0.0401. The van der Waals surface area contributed by atoms with Crippen LogP contribution in [0.4, 0.5) is 4.79 Å². The van der Waals surface area contributed by atoms with E-state index in [0.717, 1.165) is 16.7 Å². The molecule has 1 saturated heterocycles. The van der Waals surface area contributed by atoms with Crippen LogP contribution in [0.5, 0.6) is 0 Å². The molecule has 0 atom stereocenters. The van der Waals surface area contributed by atoms with Gasteiger partial charge in [0.05, 0.1) is 23.6 Å². The summed E-state index contributed by atoms with van der Waals surface area (Å²) in [7, 11) is 1.85. The Morgan fingerprint density at radius 2 is 1.96 bits per heavy atom. The molecular formula is C18H25N5O3. The lowest BCUT2D eigenvalue weighted by Gasteiger charge is -2.31. The molecule has 0 aliphatic carbocycles. The Kier molecular flexibility index (Phi) is 5.11. The summed E-state index contributed by atoms with van der Waals surface area (Å²) in [6.07, 6.45) is 1.14. The van der Waals surface area contributed by atoms with Gasteiger partial charge in [-0.15, -0.1) is 0 Å². The Labute approximate surface area is 152 Å².